The molecule has 0 aliphatic carbocycles. The van der Waals surface area contributed by atoms with Gasteiger partial charge in [0.2, 0.25) is 12.3 Å². The van der Waals surface area contributed by atoms with Crippen LogP contribution in [0.2, 0.25) is 0 Å². The van der Waals surface area contributed by atoms with Gasteiger partial charge in [0.15, 0.2) is 0 Å². The number of aliphatic hydroxyl groups excluding tert-OH is 1. The minimum absolute atomic E-state index is 0.0443. The molecule has 2 amide bonds. The van der Waals surface area contributed by atoms with E-state index >= 15 is 0 Å². The molecule has 6 heteroatoms. The van der Waals surface area contributed by atoms with E-state index < -0.39 is 0 Å². The van der Waals surface area contributed by atoms with Crippen LogP contribution < -0.4 is 10.6 Å². The Morgan fingerprint density at radius 1 is 1.47 bits per heavy atom. The standard InChI is InChI=1S/C13H25N3O3/c1-10(12(5-8-17)14-9-18)13(19)15-11-3-6-16(2)7-4-11/h9-12,17H,3-8H2,1-2H3,(H,14,18)(H,15,19). The first-order valence-corrected chi connectivity index (χ1v) is 6.88. The van der Waals surface area contributed by atoms with Gasteiger partial charge in [-0.2, -0.15) is 0 Å². The average molecular weight is 271 g/mol. The summed E-state index contributed by atoms with van der Waals surface area (Å²) < 4.78 is 0. The number of nitrogens with one attached hydrogen (secondary N) is 2. The van der Waals surface area contributed by atoms with Crippen LogP contribution >= 0.6 is 0 Å². The van der Waals surface area contributed by atoms with E-state index in [1.165, 1.54) is 0 Å². The summed E-state index contributed by atoms with van der Waals surface area (Å²) >= 11 is 0. The van der Waals surface area contributed by atoms with Gasteiger partial charge in [-0.3, -0.25) is 9.59 Å². The predicted octanol–water partition coefficient (Wildman–Crippen LogP) is -0.670. The molecule has 0 aromatic carbocycles. The molecule has 2 unspecified atom stereocenters. The Morgan fingerprint density at radius 3 is 2.63 bits per heavy atom. The summed E-state index contributed by atoms with van der Waals surface area (Å²) in [5, 5.41) is 14.6. The SMILES string of the molecule is CC(C(=O)NC1CCN(C)CC1)C(CCO)NC=O. The highest BCUT2D eigenvalue weighted by atomic mass is 16.3. The number of carbonyl (C=O) groups excluding carboxylic acids is 2. The molecular weight excluding hydrogens is 246 g/mol. The molecule has 0 aromatic rings. The number of amides is 2. The van der Waals surface area contributed by atoms with Gasteiger partial charge >= 0.3 is 0 Å². The van der Waals surface area contributed by atoms with Crippen molar-refractivity contribution in [2.24, 2.45) is 5.92 Å². The van der Waals surface area contributed by atoms with Gasteiger partial charge in [0, 0.05) is 18.7 Å². The molecular formula is C13H25N3O3. The molecule has 3 N–H and O–H groups in total. The third-order valence-electron chi connectivity index (χ3n) is 3.80. The second kappa shape index (κ2) is 8.12. The van der Waals surface area contributed by atoms with Crippen LogP contribution in [0, 0.1) is 5.92 Å². The van der Waals surface area contributed by atoms with Gasteiger partial charge in [0.1, 0.15) is 0 Å². The third-order valence-corrected chi connectivity index (χ3v) is 3.80. The van der Waals surface area contributed by atoms with Crippen molar-refractivity contribution in [2.75, 3.05) is 26.7 Å². The van der Waals surface area contributed by atoms with Crippen LogP contribution in [-0.2, 0) is 9.59 Å². The van der Waals surface area contributed by atoms with Gasteiger partial charge in [-0.05, 0) is 39.4 Å². The molecule has 0 saturated carbocycles. The summed E-state index contributed by atoms with van der Waals surface area (Å²) in [5.74, 6) is -0.389. The van der Waals surface area contributed by atoms with Crippen molar-refractivity contribution in [3.63, 3.8) is 0 Å². The molecule has 110 valence electrons. The van der Waals surface area contributed by atoms with E-state index in [1.54, 1.807) is 6.92 Å². The maximum atomic E-state index is 12.1. The smallest absolute Gasteiger partial charge is 0.225 e. The summed E-state index contributed by atoms with van der Waals surface area (Å²) in [6.07, 6.45) is 2.89. The minimum Gasteiger partial charge on any atom is -0.396 e. The Hall–Kier alpha value is -1.14. The first kappa shape index (κ1) is 15.9. The summed E-state index contributed by atoms with van der Waals surface area (Å²) in [4.78, 5) is 24.9. The monoisotopic (exact) mass is 271 g/mol. The van der Waals surface area contributed by atoms with Crippen LogP contribution in [0.5, 0.6) is 0 Å². The van der Waals surface area contributed by atoms with Crippen LogP contribution in [0.1, 0.15) is 26.2 Å². The number of rotatable bonds is 7. The van der Waals surface area contributed by atoms with Crippen molar-refractivity contribution >= 4 is 12.3 Å². The van der Waals surface area contributed by atoms with Gasteiger partial charge in [0.25, 0.3) is 0 Å². The molecule has 1 aliphatic rings. The van der Waals surface area contributed by atoms with Crippen molar-refractivity contribution in [1.29, 1.82) is 0 Å². The number of carbonyl (C=O) groups is 2. The van der Waals surface area contributed by atoms with Crippen molar-refractivity contribution < 1.29 is 14.7 Å². The highest BCUT2D eigenvalue weighted by Gasteiger charge is 2.26. The molecule has 1 fully saturated rings. The fourth-order valence-electron chi connectivity index (χ4n) is 2.37. The first-order valence-electron chi connectivity index (χ1n) is 6.88. The Bertz CT molecular complexity index is 291. The quantitative estimate of drug-likeness (QED) is 0.536. The highest BCUT2D eigenvalue weighted by Crippen LogP contribution is 2.11. The zero-order chi connectivity index (χ0) is 14.3. The lowest BCUT2D eigenvalue weighted by Gasteiger charge is -2.31. The molecule has 1 rings (SSSR count). The lowest BCUT2D eigenvalue weighted by molar-refractivity contribution is -0.126. The van der Waals surface area contributed by atoms with Gasteiger partial charge in [-0.15, -0.1) is 0 Å². The average Bonchev–Trinajstić information content (AvgIpc) is 2.40. The first-order chi connectivity index (χ1) is 9.08. The van der Waals surface area contributed by atoms with Gasteiger partial charge in [0.05, 0.1) is 5.92 Å². The number of nitrogens with zero attached hydrogens (tertiary/aromatic N) is 1. The molecule has 19 heavy (non-hydrogen) atoms. The number of piperidine rings is 1. The minimum atomic E-state index is -0.336. The number of hydrogen-bond acceptors (Lipinski definition) is 4. The van der Waals surface area contributed by atoms with Crippen molar-refractivity contribution in [2.45, 2.75) is 38.3 Å². The van der Waals surface area contributed by atoms with E-state index in [0.29, 0.717) is 12.8 Å². The van der Waals surface area contributed by atoms with Gasteiger partial charge in [-0.25, -0.2) is 0 Å². The molecule has 0 aromatic heterocycles. The number of likely N-dealkylation sites (tertiary alicyclic amines) is 1. The van der Waals surface area contributed by atoms with E-state index in [0.717, 1.165) is 25.9 Å². The zero-order valence-corrected chi connectivity index (χ0v) is 11.8. The summed E-state index contributed by atoms with van der Waals surface area (Å²) in [6.45, 7) is 3.72. The highest BCUT2D eigenvalue weighted by molar-refractivity contribution is 5.79. The van der Waals surface area contributed by atoms with E-state index in [-0.39, 0.29) is 30.5 Å². The van der Waals surface area contributed by atoms with E-state index in [1.807, 2.05) is 0 Å². The topological polar surface area (TPSA) is 81.7 Å². The lowest BCUT2D eigenvalue weighted by atomic mass is 9.97. The van der Waals surface area contributed by atoms with Gasteiger partial charge < -0.3 is 20.6 Å². The van der Waals surface area contributed by atoms with Crippen LogP contribution in [-0.4, -0.2) is 61.2 Å². The largest absolute Gasteiger partial charge is 0.396 e. The maximum absolute atomic E-state index is 12.1. The normalized spacial score (nSPS) is 20.6. The molecule has 1 heterocycles. The molecule has 0 spiro atoms. The Labute approximate surface area is 114 Å². The van der Waals surface area contributed by atoms with Crippen molar-refractivity contribution in [3.05, 3.63) is 0 Å². The number of hydrogen-bond donors (Lipinski definition) is 3. The predicted molar refractivity (Wildman–Crippen MR) is 72.5 cm³/mol. The van der Waals surface area contributed by atoms with Gasteiger partial charge in [-0.1, -0.05) is 6.92 Å². The molecule has 0 radical (unpaired) electrons. The van der Waals surface area contributed by atoms with Crippen LogP contribution in [0.3, 0.4) is 0 Å². The summed E-state index contributed by atoms with van der Waals surface area (Å²) in [6, 6.07) is -0.0917. The van der Waals surface area contributed by atoms with Crippen LogP contribution in [0.25, 0.3) is 0 Å². The van der Waals surface area contributed by atoms with Crippen LogP contribution in [0.15, 0.2) is 0 Å². The number of aliphatic hydroxyl groups is 1. The van der Waals surface area contributed by atoms with E-state index in [2.05, 4.69) is 22.6 Å². The fraction of sp³-hybridized carbons (Fsp3) is 0.846. The Kier molecular flexibility index (Phi) is 6.80. The molecule has 2 atom stereocenters. The third kappa shape index (κ3) is 5.16. The second-order valence-electron chi connectivity index (χ2n) is 5.28. The van der Waals surface area contributed by atoms with E-state index in [9.17, 15) is 9.59 Å². The fourth-order valence-corrected chi connectivity index (χ4v) is 2.37. The molecule has 1 saturated heterocycles. The molecule has 1 aliphatic heterocycles. The van der Waals surface area contributed by atoms with E-state index in [4.69, 9.17) is 5.11 Å². The van der Waals surface area contributed by atoms with Crippen LogP contribution in [0.4, 0.5) is 0 Å². The Morgan fingerprint density at radius 2 is 2.11 bits per heavy atom. The zero-order valence-electron chi connectivity index (χ0n) is 11.8. The van der Waals surface area contributed by atoms with Crippen molar-refractivity contribution in [3.8, 4) is 0 Å². The lowest BCUT2D eigenvalue weighted by Crippen LogP contribution is -2.49. The Balaban J connectivity index is 2.43. The second-order valence-corrected chi connectivity index (χ2v) is 5.28. The molecule has 6 nitrogen and oxygen atoms in total. The summed E-state index contributed by atoms with van der Waals surface area (Å²) in [7, 11) is 2.08. The summed E-state index contributed by atoms with van der Waals surface area (Å²) in [5.41, 5.74) is 0. The van der Waals surface area contributed by atoms with Crippen molar-refractivity contribution in [1.82, 2.24) is 15.5 Å². The molecule has 0 bridgehead atoms. The maximum Gasteiger partial charge on any atom is 0.225 e.